The summed E-state index contributed by atoms with van der Waals surface area (Å²) in [6.45, 7) is -0.219. The maximum atomic E-state index is 13.5. The Hall–Kier alpha value is -4.68. The summed E-state index contributed by atoms with van der Waals surface area (Å²) in [5.74, 6) is -0.283. The van der Waals surface area contributed by atoms with E-state index in [0.29, 0.717) is 27.8 Å². The Labute approximate surface area is 268 Å². The first kappa shape index (κ1) is 31.7. The normalized spacial score (nSPS) is 18.0. The average Bonchev–Trinajstić information content (AvgIpc) is 3.43. The largest absolute Gasteiger partial charge is 0.497 e. The molecule has 4 amide bonds. The molecule has 236 valence electrons. The monoisotopic (exact) mass is 656 g/mol. The summed E-state index contributed by atoms with van der Waals surface area (Å²) >= 11 is 12.1. The van der Waals surface area contributed by atoms with E-state index in [-0.39, 0.29) is 60.6 Å². The van der Waals surface area contributed by atoms with E-state index in [0.717, 1.165) is 0 Å². The SMILES string of the molecule is COc1cc2cc(c1)C(=O)N[C@H]1CN(C(=O)CNC(=O)c3cc(Cl)ccc3Cl)C[C@@H]1Oc1ccc(c(OC)c1)CNC(=O)CO2. The van der Waals surface area contributed by atoms with Crippen LogP contribution in [0.25, 0.3) is 0 Å². The summed E-state index contributed by atoms with van der Waals surface area (Å²) in [4.78, 5) is 53.4. The van der Waals surface area contributed by atoms with Crippen LogP contribution in [-0.4, -0.2) is 81.1 Å². The number of carbonyl (C=O) groups is 4. The van der Waals surface area contributed by atoms with Crippen LogP contribution in [-0.2, 0) is 16.1 Å². The van der Waals surface area contributed by atoms with Gasteiger partial charge in [0.2, 0.25) is 5.91 Å². The number of nitrogens with one attached hydrogen (secondary N) is 3. The molecule has 12 nitrogen and oxygen atoms in total. The molecular formula is C31H30Cl2N4O8. The Morgan fingerprint density at radius 3 is 2.60 bits per heavy atom. The first-order chi connectivity index (χ1) is 21.6. The number of hydrogen-bond acceptors (Lipinski definition) is 8. The average molecular weight is 658 g/mol. The summed E-state index contributed by atoms with van der Waals surface area (Å²) in [5, 5.41) is 8.84. The van der Waals surface area contributed by atoms with Gasteiger partial charge >= 0.3 is 0 Å². The summed E-state index contributed by atoms with van der Waals surface area (Å²) in [5.41, 5.74) is 1.06. The number of amides is 4. The van der Waals surface area contributed by atoms with E-state index in [1.165, 1.54) is 43.4 Å². The van der Waals surface area contributed by atoms with Gasteiger partial charge in [-0.05, 0) is 42.5 Å². The van der Waals surface area contributed by atoms with Crippen molar-refractivity contribution in [2.45, 2.75) is 18.7 Å². The molecule has 0 spiro atoms. The van der Waals surface area contributed by atoms with Crippen molar-refractivity contribution in [1.29, 1.82) is 0 Å². The number of halogens is 2. The summed E-state index contributed by atoms with van der Waals surface area (Å²) in [6.07, 6.45) is -0.664. The molecule has 3 aromatic rings. The van der Waals surface area contributed by atoms with Gasteiger partial charge in [-0.3, -0.25) is 19.2 Å². The number of fused-ring (bicyclic) bond motifs is 7. The Kier molecular flexibility index (Phi) is 9.84. The molecule has 3 aliphatic heterocycles. The number of rotatable bonds is 5. The van der Waals surface area contributed by atoms with Gasteiger partial charge in [0.1, 0.15) is 29.1 Å². The molecule has 0 saturated carbocycles. The summed E-state index contributed by atoms with van der Waals surface area (Å²) in [6, 6.07) is 13.6. The highest BCUT2D eigenvalue weighted by atomic mass is 35.5. The molecule has 45 heavy (non-hydrogen) atoms. The number of likely N-dealkylation sites (tertiary alicyclic amines) is 1. The molecule has 1 saturated heterocycles. The smallest absolute Gasteiger partial charge is 0.258 e. The lowest BCUT2D eigenvalue weighted by atomic mass is 10.1. The molecule has 4 bridgehead atoms. The zero-order valence-electron chi connectivity index (χ0n) is 24.4. The predicted molar refractivity (Wildman–Crippen MR) is 164 cm³/mol. The fourth-order valence-electron chi connectivity index (χ4n) is 4.94. The fourth-order valence-corrected chi connectivity index (χ4v) is 5.31. The lowest BCUT2D eigenvalue weighted by molar-refractivity contribution is -0.129. The van der Waals surface area contributed by atoms with Gasteiger partial charge in [0.25, 0.3) is 17.7 Å². The van der Waals surface area contributed by atoms with Crippen LogP contribution in [0.1, 0.15) is 26.3 Å². The van der Waals surface area contributed by atoms with Gasteiger partial charge < -0.3 is 39.8 Å². The van der Waals surface area contributed by atoms with Crippen LogP contribution in [0.2, 0.25) is 10.0 Å². The van der Waals surface area contributed by atoms with Crippen molar-refractivity contribution in [3.63, 3.8) is 0 Å². The number of hydrogen-bond donors (Lipinski definition) is 3. The molecule has 0 aromatic heterocycles. The molecule has 0 aliphatic carbocycles. The predicted octanol–water partition coefficient (Wildman–Crippen LogP) is 2.84. The van der Waals surface area contributed by atoms with Crippen LogP contribution in [0.5, 0.6) is 23.0 Å². The third-order valence-corrected chi connectivity index (χ3v) is 7.84. The zero-order chi connectivity index (χ0) is 32.1. The highest BCUT2D eigenvalue weighted by Crippen LogP contribution is 2.28. The fraction of sp³-hybridized carbons (Fsp3) is 0.290. The van der Waals surface area contributed by atoms with E-state index in [1.54, 1.807) is 30.3 Å². The second-order valence-corrected chi connectivity index (χ2v) is 11.1. The number of ether oxygens (including phenoxy) is 4. The third kappa shape index (κ3) is 7.70. The van der Waals surface area contributed by atoms with E-state index in [2.05, 4.69) is 16.0 Å². The van der Waals surface area contributed by atoms with Crippen molar-refractivity contribution in [2.75, 3.05) is 40.5 Å². The summed E-state index contributed by atoms with van der Waals surface area (Å²) < 4.78 is 22.8. The second kappa shape index (κ2) is 14.0. The van der Waals surface area contributed by atoms with Crippen LogP contribution in [0.4, 0.5) is 0 Å². The molecule has 3 aromatic carbocycles. The van der Waals surface area contributed by atoms with Crippen LogP contribution < -0.4 is 34.9 Å². The van der Waals surface area contributed by atoms with Gasteiger partial charge in [-0.15, -0.1) is 0 Å². The van der Waals surface area contributed by atoms with Gasteiger partial charge in [0, 0.05) is 41.4 Å². The van der Waals surface area contributed by atoms with E-state index >= 15 is 0 Å². The second-order valence-electron chi connectivity index (χ2n) is 10.3. The third-order valence-electron chi connectivity index (χ3n) is 7.28. The van der Waals surface area contributed by atoms with Gasteiger partial charge in [0.05, 0.1) is 43.9 Å². The minimum absolute atomic E-state index is 0.101. The van der Waals surface area contributed by atoms with Gasteiger partial charge in [0.15, 0.2) is 6.61 Å². The zero-order valence-corrected chi connectivity index (χ0v) is 25.9. The lowest BCUT2D eigenvalue weighted by Crippen LogP contribution is -2.45. The highest BCUT2D eigenvalue weighted by molar-refractivity contribution is 6.35. The molecular weight excluding hydrogens is 627 g/mol. The molecule has 1 fully saturated rings. The molecule has 0 unspecified atom stereocenters. The van der Waals surface area contributed by atoms with Crippen LogP contribution >= 0.6 is 23.2 Å². The number of nitrogens with zero attached hydrogens (tertiary/aromatic N) is 1. The number of carbonyl (C=O) groups excluding carboxylic acids is 4. The number of methoxy groups -OCH3 is 2. The highest BCUT2D eigenvalue weighted by Gasteiger charge is 2.38. The van der Waals surface area contributed by atoms with Crippen molar-refractivity contribution in [1.82, 2.24) is 20.9 Å². The van der Waals surface area contributed by atoms with Crippen molar-refractivity contribution in [3.05, 3.63) is 81.3 Å². The van der Waals surface area contributed by atoms with Gasteiger partial charge in [-0.2, -0.15) is 0 Å². The van der Waals surface area contributed by atoms with Gasteiger partial charge in [-0.1, -0.05) is 23.2 Å². The van der Waals surface area contributed by atoms with Crippen LogP contribution in [0, 0.1) is 0 Å². The molecule has 14 heteroatoms. The molecule has 2 atom stereocenters. The Balaban J connectivity index is 1.39. The van der Waals surface area contributed by atoms with E-state index in [4.69, 9.17) is 42.1 Å². The maximum Gasteiger partial charge on any atom is 0.258 e. The quantitative estimate of drug-likeness (QED) is 0.380. The van der Waals surface area contributed by atoms with Gasteiger partial charge in [-0.25, -0.2) is 0 Å². The Morgan fingerprint density at radius 2 is 1.82 bits per heavy atom. The van der Waals surface area contributed by atoms with E-state index in [9.17, 15) is 19.2 Å². The van der Waals surface area contributed by atoms with Crippen molar-refractivity contribution >= 4 is 46.8 Å². The molecule has 3 aliphatic rings. The van der Waals surface area contributed by atoms with E-state index < -0.39 is 29.9 Å². The van der Waals surface area contributed by atoms with Crippen LogP contribution in [0.3, 0.4) is 0 Å². The molecule has 3 heterocycles. The Morgan fingerprint density at radius 1 is 1.00 bits per heavy atom. The first-order valence-electron chi connectivity index (χ1n) is 13.9. The lowest BCUT2D eigenvalue weighted by Gasteiger charge is -2.22. The van der Waals surface area contributed by atoms with Crippen molar-refractivity contribution in [2.24, 2.45) is 0 Å². The summed E-state index contributed by atoms with van der Waals surface area (Å²) in [7, 11) is 2.95. The standard InChI is InChI=1S/C31H30Cl2N4O8/c1-42-21-7-18-8-22(10-21)44-16-28(38)34-12-17-3-5-20(11-26(17)43-2)45-27-15-37(14-25(27)36-30(18)40)29(39)13-35-31(41)23-9-19(32)4-6-24(23)33/h3-11,25,27H,12-16H2,1-2H3,(H,34,38)(H,35,41)(H,36,40)/t25-,27-/m0/s1. The minimum Gasteiger partial charge on any atom is -0.497 e. The van der Waals surface area contributed by atoms with Crippen molar-refractivity contribution in [3.8, 4) is 23.0 Å². The van der Waals surface area contributed by atoms with Crippen LogP contribution in [0.15, 0.2) is 54.6 Å². The topological polar surface area (TPSA) is 145 Å². The maximum absolute atomic E-state index is 13.5. The molecule has 0 radical (unpaired) electrons. The minimum atomic E-state index is -0.664. The van der Waals surface area contributed by atoms with Crippen molar-refractivity contribution < 1.29 is 38.1 Å². The Bertz CT molecular complexity index is 1640. The molecule has 3 N–H and O–H groups in total. The number of benzene rings is 3. The first-order valence-corrected chi connectivity index (χ1v) is 14.6. The van der Waals surface area contributed by atoms with E-state index in [1.807, 2.05) is 0 Å². The molecule has 6 rings (SSSR count).